The first-order valence-electron chi connectivity index (χ1n) is 12.7. The van der Waals surface area contributed by atoms with Gasteiger partial charge < -0.3 is 24.3 Å². The van der Waals surface area contributed by atoms with E-state index in [1.165, 1.54) is 38.5 Å². The second-order valence-corrected chi connectivity index (χ2v) is 14.9. The highest BCUT2D eigenvalue weighted by Gasteiger charge is 2.39. The van der Waals surface area contributed by atoms with Gasteiger partial charge in [-0.1, -0.05) is 71.0 Å². The van der Waals surface area contributed by atoms with E-state index in [0.717, 1.165) is 77.7 Å². The number of aliphatic hydroxyl groups excluding tert-OH is 2. The minimum atomic E-state index is -1.25. The van der Waals surface area contributed by atoms with Crippen LogP contribution in [0.1, 0.15) is 89.9 Å². The fourth-order valence-electron chi connectivity index (χ4n) is 4.21. The van der Waals surface area contributed by atoms with Crippen molar-refractivity contribution in [3.8, 4) is 0 Å². The van der Waals surface area contributed by atoms with Crippen LogP contribution in [0.5, 0.6) is 0 Å². The predicted octanol–water partition coefficient (Wildman–Crippen LogP) is 5.31. The molecule has 0 aliphatic carbocycles. The highest BCUT2D eigenvalue weighted by molar-refractivity contribution is 6.73. The molecule has 0 radical (unpaired) electrons. The van der Waals surface area contributed by atoms with Crippen molar-refractivity contribution in [3.05, 3.63) is 0 Å². The molecule has 0 saturated carbocycles. The number of aliphatic hydroxyl groups is 2. The fraction of sp³-hybridized carbons (Fsp3) is 1.00. The number of ether oxygens (including phenoxy) is 2. The summed E-state index contributed by atoms with van der Waals surface area (Å²) in [6, 6.07) is 0. The van der Waals surface area contributed by atoms with Gasteiger partial charge in [0.25, 0.3) is 0 Å². The molecule has 0 amide bonds. The molecule has 0 aromatic heterocycles. The van der Waals surface area contributed by atoms with Crippen molar-refractivity contribution in [3.63, 3.8) is 0 Å². The Morgan fingerprint density at radius 1 is 0.633 bits per heavy atom. The van der Waals surface area contributed by atoms with E-state index in [1.54, 1.807) is 0 Å². The summed E-state index contributed by atoms with van der Waals surface area (Å²) < 4.78 is 15.5. The van der Waals surface area contributed by atoms with Crippen LogP contribution in [0.25, 0.3) is 0 Å². The highest BCUT2D eigenvalue weighted by atomic mass is 28.3. The standard InChI is InChI=1S/C24H51NO4Si/c1-30(2,3)25-18-16-24(17-19-25,28-22-14-10-6-4-8-12-20-26)29-23-15-11-7-5-9-13-21-27/h26-27H,4-23H2,1-3H3. The average Bonchev–Trinajstić information content (AvgIpc) is 2.72. The summed E-state index contributed by atoms with van der Waals surface area (Å²) in [5.41, 5.74) is 0. The van der Waals surface area contributed by atoms with Crippen LogP contribution in [0.3, 0.4) is 0 Å². The van der Waals surface area contributed by atoms with Gasteiger partial charge in [0, 0.05) is 26.1 Å². The molecule has 1 heterocycles. The molecule has 2 N–H and O–H groups in total. The predicted molar refractivity (Wildman–Crippen MR) is 128 cm³/mol. The van der Waals surface area contributed by atoms with Gasteiger partial charge in [0.15, 0.2) is 5.79 Å². The summed E-state index contributed by atoms with van der Waals surface area (Å²) >= 11 is 0. The Bertz CT molecular complexity index is 373. The maximum absolute atomic E-state index is 8.86. The largest absolute Gasteiger partial charge is 0.396 e. The lowest BCUT2D eigenvalue weighted by atomic mass is 10.0. The molecule has 30 heavy (non-hydrogen) atoms. The van der Waals surface area contributed by atoms with E-state index < -0.39 is 8.24 Å². The minimum Gasteiger partial charge on any atom is -0.396 e. The van der Waals surface area contributed by atoms with Gasteiger partial charge in [0.05, 0.1) is 13.2 Å². The number of piperidine rings is 1. The van der Waals surface area contributed by atoms with Crippen LogP contribution in [-0.2, 0) is 9.47 Å². The number of unbranched alkanes of at least 4 members (excludes halogenated alkanes) is 10. The number of hydrogen-bond acceptors (Lipinski definition) is 5. The Balaban J connectivity index is 2.32. The van der Waals surface area contributed by atoms with Gasteiger partial charge in [-0.3, -0.25) is 0 Å². The molecule has 0 aromatic carbocycles. The molecule has 1 fully saturated rings. The molecule has 6 heteroatoms. The lowest BCUT2D eigenvalue weighted by Crippen LogP contribution is -2.55. The van der Waals surface area contributed by atoms with Crippen molar-refractivity contribution in [1.82, 2.24) is 4.57 Å². The van der Waals surface area contributed by atoms with Crippen LogP contribution in [0.2, 0.25) is 19.6 Å². The number of nitrogens with zero attached hydrogens (tertiary/aromatic N) is 1. The normalized spacial score (nSPS) is 17.5. The number of rotatable bonds is 19. The van der Waals surface area contributed by atoms with Crippen molar-refractivity contribution in [1.29, 1.82) is 0 Å². The molecule has 0 unspecified atom stereocenters. The Morgan fingerprint density at radius 2 is 1.00 bits per heavy atom. The summed E-state index contributed by atoms with van der Waals surface area (Å²) in [6.07, 6.45) is 15.6. The molecular formula is C24H51NO4Si. The quantitative estimate of drug-likeness (QED) is 0.160. The summed E-state index contributed by atoms with van der Waals surface area (Å²) in [4.78, 5) is 0. The van der Waals surface area contributed by atoms with Crippen LogP contribution in [0.4, 0.5) is 0 Å². The zero-order chi connectivity index (χ0) is 22.1. The van der Waals surface area contributed by atoms with E-state index in [1.807, 2.05) is 0 Å². The van der Waals surface area contributed by atoms with Gasteiger partial charge in [0.1, 0.15) is 8.24 Å². The third kappa shape index (κ3) is 12.8. The lowest BCUT2D eigenvalue weighted by Gasteiger charge is -2.45. The van der Waals surface area contributed by atoms with Crippen LogP contribution in [0.15, 0.2) is 0 Å². The highest BCUT2D eigenvalue weighted by Crippen LogP contribution is 2.31. The van der Waals surface area contributed by atoms with Crippen molar-refractivity contribution >= 4 is 8.24 Å². The van der Waals surface area contributed by atoms with Crippen LogP contribution in [-0.4, -0.2) is 68.3 Å². The Kier molecular flexibility index (Phi) is 15.5. The molecule has 1 aliphatic heterocycles. The van der Waals surface area contributed by atoms with Gasteiger partial charge >= 0.3 is 0 Å². The average molecular weight is 446 g/mol. The SMILES string of the molecule is C[Si](C)(C)N1CCC(OCCCCCCCCO)(OCCCCCCCCO)CC1. The van der Waals surface area contributed by atoms with Crippen LogP contribution in [0, 0.1) is 0 Å². The van der Waals surface area contributed by atoms with E-state index in [2.05, 4.69) is 24.2 Å². The van der Waals surface area contributed by atoms with Gasteiger partial charge in [-0.2, -0.15) is 0 Å². The molecule has 0 spiro atoms. The molecule has 5 nitrogen and oxygen atoms in total. The van der Waals surface area contributed by atoms with E-state index in [4.69, 9.17) is 19.7 Å². The van der Waals surface area contributed by atoms with Crippen molar-refractivity contribution < 1.29 is 19.7 Å². The summed E-state index contributed by atoms with van der Waals surface area (Å²) in [5, 5.41) is 17.7. The van der Waals surface area contributed by atoms with Gasteiger partial charge in [-0.15, -0.1) is 0 Å². The summed E-state index contributed by atoms with van der Waals surface area (Å²) in [6.45, 7) is 11.7. The molecule has 1 aliphatic rings. The van der Waals surface area contributed by atoms with Crippen molar-refractivity contribution in [2.75, 3.05) is 39.5 Å². The third-order valence-corrected chi connectivity index (χ3v) is 8.65. The zero-order valence-corrected chi connectivity index (χ0v) is 21.3. The first-order valence-corrected chi connectivity index (χ1v) is 16.1. The maximum atomic E-state index is 8.86. The van der Waals surface area contributed by atoms with E-state index in [0.29, 0.717) is 13.2 Å². The molecule has 180 valence electrons. The third-order valence-electron chi connectivity index (χ3n) is 6.31. The van der Waals surface area contributed by atoms with Gasteiger partial charge in [-0.25, -0.2) is 0 Å². The van der Waals surface area contributed by atoms with Gasteiger partial charge in [-0.05, 0) is 38.8 Å². The fourth-order valence-corrected chi connectivity index (χ4v) is 5.77. The topological polar surface area (TPSA) is 62.2 Å². The minimum absolute atomic E-state index is 0.320. The van der Waals surface area contributed by atoms with Crippen LogP contribution < -0.4 is 0 Å². The Hall–Kier alpha value is 0.0169. The molecule has 0 atom stereocenters. The van der Waals surface area contributed by atoms with Crippen LogP contribution >= 0.6 is 0 Å². The molecule has 0 aromatic rings. The number of hydrogen-bond donors (Lipinski definition) is 2. The Morgan fingerprint density at radius 3 is 1.37 bits per heavy atom. The maximum Gasteiger partial charge on any atom is 0.170 e. The molecular weight excluding hydrogens is 394 g/mol. The monoisotopic (exact) mass is 445 g/mol. The first kappa shape index (κ1) is 28.1. The summed E-state index contributed by atoms with van der Waals surface area (Å²) in [7, 11) is -1.25. The smallest absolute Gasteiger partial charge is 0.170 e. The molecule has 1 rings (SSSR count). The first-order chi connectivity index (χ1) is 14.4. The molecule has 0 bridgehead atoms. The van der Waals surface area contributed by atoms with E-state index in [-0.39, 0.29) is 5.79 Å². The summed E-state index contributed by atoms with van der Waals surface area (Å²) in [5.74, 6) is -0.371. The lowest BCUT2D eigenvalue weighted by molar-refractivity contribution is -0.255. The Labute approximate surface area is 187 Å². The second kappa shape index (κ2) is 16.6. The van der Waals surface area contributed by atoms with Gasteiger partial charge in [0.2, 0.25) is 0 Å². The molecule has 1 saturated heterocycles. The van der Waals surface area contributed by atoms with E-state index in [9.17, 15) is 0 Å². The van der Waals surface area contributed by atoms with Crippen molar-refractivity contribution in [2.24, 2.45) is 0 Å². The van der Waals surface area contributed by atoms with E-state index >= 15 is 0 Å². The zero-order valence-electron chi connectivity index (χ0n) is 20.3. The second-order valence-electron chi connectivity index (χ2n) is 9.96. The van der Waals surface area contributed by atoms with Crippen molar-refractivity contribution in [2.45, 2.75) is 115 Å².